The highest BCUT2D eigenvalue weighted by Gasteiger charge is 2.21. The van der Waals surface area contributed by atoms with Gasteiger partial charge < -0.3 is 0 Å². The smallest absolute Gasteiger partial charge is 0.269 e. The van der Waals surface area contributed by atoms with Gasteiger partial charge in [0.25, 0.3) is 5.69 Å². The second kappa shape index (κ2) is 6.09. The lowest BCUT2D eigenvalue weighted by atomic mass is 10.1. The highest BCUT2D eigenvalue weighted by atomic mass is 16.6. The van der Waals surface area contributed by atoms with E-state index >= 15 is 0 Å². The summed E-state index contributed by atoms with van der Waals surface area (Å²) in [5, 5.41) is 12.8. The van der Waals surface area contributed by atoms with Crippen LogP contribution in [0.4, 0.5) is 22.7 Å². The van der Waals surface area contributed by atoms with Crippen LogP contribution >= 0.6 is 0 Å². The molecule has 0 bridgehead atoms. The van der Waals surface area contributed by atoms with E-state index in [4.69, 9.17) is 4.99 Å². The van der Waals surface area contributed by atoms with Crippen molar-refractivity contribution in [1.82, 2.24) is 5.43 Å². The van der Waals surface area contributed by atoms with Gasteiger partial charge in [-0.1, -0.05) is 42.5 Å². The molecule has 0 amide bonds. The number of nitrogens with one attached hydrogen (secondary N) is 1. The molecule has 6 heteroatoms. The third-order valence-electron chi connectivity index (χ3n) is 3.94. The zero-order valence-corrected chi connectivity index (χ0v) is 13.2. The van der Waals surface area contributed by atoms with Crippen molar-refractivity contribution in [1.29, 1.82) is 0 Å². The Bertz CT molecular complexity index is 953. The Morgan fingerprint density at radius 1 is 0.880 bits per heavy atom. The number of anilines is 2. The summed E-state index contributed by atoms with van der Waals surface area (Å²) in [7, 11) is 0. The summed E-state index contributed by atoms with van der Waals surface area (Å²) in [6.45, 7) is 0. The van der Waals surface area contributed by atoms with E-state index in [1.165, 1.54) is 12.1 Å². The van der Waals surface area contributed by atoms with Gasteiger partial charge in [-0.05, 0) is 24.3 Å². The molecule has 0 unspecified atom stereocenters. The summed E-state index contributed by atoms with van der Waals surface area (Å²) in [6.07, 6.45) is 0. The van der Waals surface area contributed by atoms with Gasteiger partial charge in [0.2, 0.25) is 0 Å². The Balaban J connectivity index is 1.78. The number of aliphatic imine (C=N–C) groups is 1. The van der Waals surface area contributed by atoms with E-state index in [1.807, 2.05) is 59.6 Å². The van der Waals surface area contributed by atoms with E-state index in [1.54, 1.807) is 12.1 Å². The molecule has 122 valence electrons. The lowest BCUT2D eigenvalue weighted by molar-refractivity contribution is -0.384. The van der Waals surface area contributed by atoms with Crippen molar-refractivity contribution in [3.05, 3.63) is 94.5 Å². The summed E-state index contributed by atoms with van der Waals surface area (Å²) in [6, 6.07) is 24.0. The first-order chi connectivity index (χ1) is 12.2. The van der Waals surface area contributed by atoms with Crippen molar-refractivity contribution in [3.63, 3.8) is 0 Å². The van der Waals surface area contributed by atoms with Gasteiger partial charge in [0.1, 0.15) is 0 Å². The number of nitro groups is 1. The zero-order valence-electron chi connectivity index (χ0n) is 13.2. The van der Waals surface area contributed by atoms with E-state index in [-0.39, 0.29) is 5.69 Å². The average Bonchev–Trinajstić information content (AvgIpc) is 2.68. The third-order valence-corrected chi connectivity index (χ3v) is 3.94. The number of hydrogen-bond donors (Lipinski definition) is 1. The number of non-ortho nitro benzene ring substituents is 1. The SMILES string of the molecule is O=[N+]([O-])c1ccc(N2NC(c3ccccc3)=Nc3ccccc32)cc1. The first-order valence-electron chi connectivity index (χ1n) is 7.77. The number of hydrazine groups is 1. The van der Waals surface area contributed by atoms with Gasteiger partial charge in [-0.15, -0.1) is 0 Å². The number of hydrogen-bond acceptors (Lipinski definition) is 5. The molecule has 0 aliphatic carbocycles. The number of amidine groups is 1. The Kier molecular flexibility index (Phi) is 3.63. The van der Waals surface area contributed by atoms with Gasteiger partial charge in [-0.3, -0.25) is 20.5 Å². The Hall–Kier alpha value is -3.67. The van der Waals surface area contributed by atoms with Crippen LogP contribution in [0.5, 0.6) is 0 Å². The Morgan fingerprint density at radius 3 is 2.28 bits per heavy atom. The van der Waals surface area contributed by atoms with Crippen LogP contribution in [0.25, 0.3) is 0 Å². The predicted octanol–water partition coefficient (Wildman–Crippen LogP) is 4.33. The molecular formula is C19H14N4O2. The lowest BCUT2D eigenvalue weighted by Gasteiger charge is -2.31. The fourth-order valence-electron chi connectivity index (χ4n) is 2.71. The summed E-state index contributed by atoms with van der Waals surface area (Å²) in [5.74, 6) is 0.720. The minimum Gasteiger partial charge on any atom is -0.276 e. The van der Waals surface area contributed by atoms with Crippen molar-refractivity contribution in [2.45, 2.75) is 0 Å². The molecule has 0 saturated carbocycles. The fraction of sp³-hybridized carbons (Fsp3) is 0. The third kappa shape index (κ3) is 2.81. The second-order valence-electron chi connectivity index (χ2n) is 5.54. The first kappa shape index (κ1) is 14.9. The van der Waals surface area contributed by atoms with Crippen LogP contribution in [-0.4, -0.2) is 10.8 Å². The van der Waals surface area contributed by atoms with Crippen molar-refractivity contribution in [2.75, 3.05) is 5.01 Å². The zero-order chi connectivity index (χ0) is 17.2. The maximum Gasteiger partial charge on any atom is 0.269 e. The lowest BCUT2D eigenvalue weighted by Crippen LogP contribution is -2.41. The molecule has 1 heterocycles. The molecule has 4 rings (SSSR count). The van der Waals surface area contributed by atoms with Gasteiger partial charge in [0.05, 0.1) is 22.0 Å². The molecular weight excluding hydrogens is 316 g/mol. The normalized spacial score (nSPS) is 12.8. The molecule has 1 aliphatic heterocycles. The van der Waals surface area contributed by atoms with Gasteiger partial charge in [-0.25, -0.2) is 4.99 Å². The Labute approximate surface area is 144 Å². The van der Waals surface area contributed by atoms with Gasteiger partial charge >= 0.3 is 0 Å². The monoisotopic (exact) mass is 330 g/mol. The number of nitro benzene ring substituents is 1. The van der Waals surface area contributed by atoms with Gasteiger partial charge in [-0.2, -0.15) is 0 Å². The number of nitrogens with zero attached hydrogens (tertiary/aromatic N) is 3. The average molecular weight is 330 g/mol. The molecule has 3 aromatic carbocycles. The quantitative estimate of drug-likeness (QED) is 0.573. The number of para-hydroxylation sites is 2. The summed E-state index contributed by atoms with van der Waals surface area (Å²) in [5.41, 5.74) is 6.84. The maximum absolute atomic E-state index is 10.9. The summed E-state index contributed by atoms with van der Waals surface area (Å²) in [4.78, 5) is 15.2. The molecule has 0 aromatic heterocycles. The van der Waals surface area contributed by atoms with E-state index in [2.05, 4.69) is 5.43 Å². The molecule has 1 N–H and O–H groups in total. The van der Waals surface area contributed by atoms with Crippen molar-refractivity contribution < 1.29 is 4.92 Å². The predicted molar refractivity (Wildman–Crippen MR) is 97.5 cm³/mol. The highest BCUT2D eigenvalue weighted by Crippen LogP contribution is 2.36. The molecule has 0 saturated heterocycles. The molecule has 1 aliphatic rings. The van der Waals surface area contributed by atoms with Crippen LogP contribution in [0.15, 0.2) is 83.9 Å². The van der Waals surface area contributed by atoms with Crippen molar-refractivity contribution in [3.8, 4) is 0 Å². The minimum atomic E-state index is -0.405. The molecule has 6 nitrogen and oxygen atoms in total. The summed E-state index contributed by atoms with van der Waals surface area (Å²) < 4.78 is 0. The maximum atomic E-state index is 10.9. The van der Waals surface area contributed by atoms with Crippen LogP contribution in [0, 0.1) is 10.1 Å². The molecule has 0 atom stereocenters. The van der Waals surface area contributed by atoms with E-state index < -0.39 is 4.92 Å². The van der Waals surface area contributed by atoms with Crippen LogP contribution in [0.1, 0.15) is 5.56 Å². The molecule has 3 aromatic rings. The largest absolute Gasteiger partial charge is 0.276 e. The van der Waals surface area contributed by atoms with Crippen LogP contribution < -0.4 is 10.4 Å². The topological polar surface area (TPSA) is 70.8 Å². The van der Waals surface area contributed by atoms with E-state index in [0.717, 1.165) is 28.5 Å². The van der Waals surface area contributed by atoms with Crippen LogP contribution in [0.3, 0.4) is 0 Å². The number of fused-ring (bicyclic) bond motifs is 1. The van der Waals surface area contributed by atoms with Crippen molar-refractivity contribution in [2.24, 2.45) is 4.99 Å². The number of benzene rings is 3. The molecule has 25 heavy (non-hydrogen) atoms. The van der Waals surface area contributed by atoms with Crippen molar-refractivity contribution >= 4 is 28.6 Å². The standard InChI is InChI=1S/C19H14N4O2/c24-23(25)16-12-10-15(11-13-16)22-18-9-5-4-8-17(18)20-19(21-22)14-6-2-1-3-7-14/h1-13H,(H,20,21). The summed E-state index contributed by atoms with van der Waals surface area (Å²) >= 11 is 0. The minimum absolute atomic E-state index is 0.0611. The molecule has 0 radical (unpaired) electrons. The fourth-order valence-corrected chi connectivity index (χ4v) is 2.71. The van der Waals surface area contributed by atoms with Gasteiger partial charge in [0.15, 0.2) is 5.84 Å². The van der Waals surface area contributed by atoms with Crippen LogP contribution in [0.2, 0.25) is 0 Å². The van der Waals surface area contributed by atoms with Gasteiger partial charge in [0, 0.05) is 17.7 Å². The van der Waals surface area contributed by atoms with Crippen LogP contribution in [-0.2, 0) is 0 Å². The van der Waals surface area contributed by atoms with E-state index in [9.17, 15) is 10.1 Å². The number of rotatable bonds is 3. The van der Waals surface area contributed by atoms with E-state index in [0.29, 0.717) is 0 Å². The Morgan fingerprint density at radius 2 is 1.56 bits per heavy atom. The second-order valence-corrected chi connectivity index (χ2v) is 5.54. The molecule has 0 fully saturated rings. The first-order valence-corrected chi connectivity index (χ1v) is 7.77. The highest BCUT2D eigenvalue weighted by molar-refractivity contribution is 6.04. The molecule has 0 spiro atoms.